The number of rotatable bonds is 3. The lowest BCUT2D eigenvalue weighted by Crippen LogP contribution is -1.93. The van der Waals surface area contributed by atoms with E-state index < -0.39 is 0 Å². The van der Waals surface area contributed by atoms with Crippen molar-refractivity contribution in [1.82, 2.24) is 4.98 Å². The van der Waals surface area contributed by atoms with Crippen LogP contribution in [0.4, 0.5) is 0 Å². The van der Waals surface area contributed by atoms with Crippen molar-refractivity contribution in [2.45, 2.75) is 6.92 Å². The molecule has 0 bridgehead atoms. The van der Waals surface area contributed by atoms with Gasteiger partial charge in [0.1, 0.15) is 0 Å². The minimum Gasteiger partial charge on any atom is -0.411 e. The Morgan fingerprint density at radius 2 is 1.56 bits per heavy atom. The molecule has 1 aromatic heterocycles. The first-order chi connectivity index (χ1) is 8.79. The molecule has 0 amide bonds. The monoisotopic (exact) mass is 238 g/mol. The molecule has 2 rings (SSSR count). The molecular formula is C15H14N2O. The maximum absolute atomic E-state index is 8.68. The molecule has 0 radical (unpaired) electrons. The van der Waals surface area contributed by atoms with E-state index in [0.29, 0.717) is 5.71 Å². The van der Waals surface area contributed by atoms with Crippen LogP contribution in [0.5, 0.6) is 0 Å². The normalized spacial score (nSPS) is 11.9. The number of oxime groups is 1. The van der Waals surface area contributed by atoms with Crippen LogP contribution in [-0.2, 0) is 0 Å². The first kappa shape index (κ1) is 12.0. The second-order valence-electron chi connectivity index (χ2n) is 3.92. The van der Waals surface area contributed by atoms with Gasteiger partial charge in [0.15, 0.2) is 0 Å². The molecular weight excluding hydrogens is 224 g/mol. The predicted octanol–water partition coefficient (Wildman–Crippen LogP) is 3.45. The molecule has 0 aliphatic carbocycles. The van der Waals surface area contributed by atoms with Crippen LogP contribution in [0.1, 0.15) is 23.6 Å². The predicted molar refractivity (Wildman–Crippen MR) is 73.6 cm³/mol. The van der Waals surface area contributed by atoms with Gasteiger partial charge < -0.3 is 5.21 Å². The van der Waals surface area contributed by atoms with Crippen molar-refractivity contribution < 1.29 is 5.21 Å². The van der Waals surface area contributed by atoms with E-state index in [1.165, 1.54) is 0 Å². The SMILES string of the molecule is C/C(=N/O)c1ccc(/C=C/c2ccncc2)cc1. The minimum absolute atomic E-state index is 0.611. The molecule has 1 heterocycles. The van der Waals surface area contributed by atoms with Gasteiger partial charge in [-0.25, -0.2) is 0 Å². The summed E-state index contributed by atoms with van der Waals surface area (Å²) in [6, 6.07) is 11.7. The Morgan fingerprint density at radius 3 is 2.11 bits per heavy atom. The third kappa shape index (κ3) is 3.04. The number of pyridine rings is 1. The van der Waals surface area contributed by atoms with Crippen LogP contribution in [0.3, 0.4) is 0 Å². The molecule has 0 fully saturated rings. The van der Waals surface area contributed by atoms with E-state index in [1.54, 1.807) is 19.3 Å². The second kappa shape index (κ2) is 5.77. The molecule has 0 atom stereocenters. The van der Waals surface area contributed by atoms with E-state index in [9.17, 15) is 0 Å². The highest BCUT2D eigenvalue weighted by Crippen LogP contribution is 2.10. The molecule has 1 N–H and O–H groups in total. The Labute approximate surface area is 106 Å². The number of nitrogens with zero attached hydrogens (tertiary/aromatic N) is 2. The van der Waals surface area contributed by atoms with Gasteiger partial charge in [0, 0.05) is 12.4 Å². The number of hydrogen-bond donors (Lipinski definition) is 1. The fourth-order valence-electron chi connectivity index (χ4n) is 1.56. The lowest BCUT2D eigenvalue weighted by Gasteiger charge is -1.99. The maximum atomic E-state index is 8.68. The fourth-order valence-corrected chi connectivity index (χ4v) is 1.56. The quantitative estimate of drug-likeness (QED) is 0.505. The fraction of sp³-hybridized carbons (Fsp3) is 0.0667. The molecule has 0 saturated carbocycles. The molecule has 0 saturated heterocycles. The Bertz CT molecular complexity index is 557. The highest BCUT2D eigenvalue weighted by Gasteiger charge is 1.96. The van der Waals surface area contributed by atoms with Crippen LogP contribution in [0, 0.1) is 0 Å². The molecule has 18 heavy (non-hydrogen) atoms. The summed E-state index contributed by atoms with van der Waals surface area (Å²) >= 11 is 0. The third-order valence-corrected chi connectivity index (χ3v) is 2.65. The summed E-state index contributed by atoms with van der Waals surface area (Å²) < 4.78 is 0. The Hall–Kier alpha value is -2.42. The van der Waals surface area contributed by atoms with Crippen LogP contribution in [-0.4, -0.2) is 15.9 Å². The molecule has 3 nitrogen and oxygen atoms in total. The lowest BCUT2D eigenvalue weighted by molar-refractivity contribution is 0.319. The maximum Gasteiger partial charge on any atom is 0.0836 e. The highest BCUT2D eigenvalue weighted by molar-refractivity contribution is 5.98. The van der Waals surface area contributed by atoms with Crippen LogP contribution < -0.4 is 0 Å². The number of benzene rings is 1. The van der Waals surface area contributed by atoms with Gasteiger partial charge in [0.25, 0.3) is 0 Å². The van der Waals surface area contributed by atoms with Gasteiger partial charge in [0.05, 0.1) is 5.71 Å². The van der Waals surface area contributed by atoms with Gasteiger partial charge in [-0.15, -0.1) is 0 Å². The van der Waals surface area contributed by atoms with E-state index >= 15 is 0 Å². The second-order valence-corrected chi connectivity index (χ2v) is 3.92. The van der Waals surface area contributed by atoms with E-state index in [2.05, 4.69) is 10.1 Å². The van der Waals surface area contributed by atoms with Gasteiger partial charge in [-0.05, 0) is 35.7 Å². The summed E-state index contributed by atoms with van der Waals surface area (Å²) in [5.41, 5.74) is 3.74. The smallest absolute Gasteiger partial charge is 0.0836 e. The average Bonchev–Trinajstić information content (AvgIpc) is 2.46. The number of hydrogen-bond acceptors (Lipinski definition) is 3. The van der Waals surface area contributed by atoms with Crippen LogP contribution >= 0.6 is 0 Å². The van der Waals surface area contributed by atoms with Crippen molar-refractivity contribution in [1.29, 1.82) is 0 Å². The summed E-state index contributed by atoms with van der Waals surface area (Å²) in [6.07, 6.45) is 7.60. The van der Waals surface area contributed by atoms with E-state index in [0.717, 1.165) is 16.7 Å². The van der Waals surface area contributed by atoms with Crippen LogP contribution in [0.25, 0.3) is 12.2 Å². The van der Waals surface area contributed by atoms with Crippen LogP contribution in [0.15, 0.2) is 53.9 Å². The molecule has 0 spiro atoms. The number of aromatic nitrogens is 1. The molecule has 0 aliphatic heterocycles. The molecule has 2 aromatic rings. The Balaban J connectivity index is 2.14. The Morgan fingerprint density at radius 1 is 1.00 bits per heavy atom. The summed E-state index contributed by atoms with van der Waals surface area (Å²) in [4.78, 5) is 3.97. The zero-order valence-electron chi connectivity index (χ0n) is 10.1. The summed E-state index contributed by atoms with van der Waals surface area (Å²) in [6.45, 7) is 1.77. The van der Waals surface area contributed by atoms with Crippen LogP contribution in [0.2, 0.25) is 0 Å². The summed E-state index contributed by atoms with van der Waals surface area (Å²) in [7, 11) is 0. The van der Waals surface area contributed by atoms with Gasteiger partial charge in [0.2, 0.25) is 0 Å². The highest BCUT2D eigenvalue weighted by atomic mass is 16.4. The van der Waals surface area contributed by atoms with Crippen molar-refractivity contribution in [3.8, 4) is 0 Å². The molecule has 90 valence electrons. The van der Waals surface area contributed by atoms with Gasteiger partial charge in [-0.3, -0.25) is 4.98 Å². The molecule has 0 unspecified atom stereocenters. The summed E-state index contributed by atoms with van der Waals surface area (Å²) in [5.74, 6) is 0. The average molecular weight is 238 g/mol. The molecule has 1 aromatic carbocycles. The largest absolute Gasteiger partial charge is 0.411 e. The van der Waals surface area contributed by atoms with E-state index in [4.69, 9.17) is 5.21 Å². The van der Waals surface area contributed by atoms with E-state index in [1.807, 2.05) is 48.6 Å². The van der Waals surface area contributed by atoms with Crippen molar-refractivity contribution in [2.75, 3.05) is 0 Å². The van der Waals surface area contributed by atoms with Crippen molar-refractivity contribution in [2.24, 2.45) is 5.16 Å². The molecule has 0 aliphatic rings. The van der Waals surface area contributed by atoms with E-state index in [-0.39, 0.29) is 0 Å². The Kier molecular flexibility index (Phi) is 3.86. The molecule has 3 heteroatoms. The first-order valence-electron chi connectivity index (χ1n) is 5.67. The summed E-state index contributed by atoms with van der Waals surface area (Å²) in [5, 5.41) is 11.9. The van der Waals surface area contributed by atoms with Gasteiger partial charge in [-0.1, -0.05) is 41.6 Å². The lowest BCUT2D eigenvalue weighted by atomic mass is 10.1. The van der Waals surface area contributed by atoms with Gasteiger partial charge >= 0.3 is 0 Å². The zero-order chi connectivity index (χ0) is 12.8. The third-order valence-electron chi connectivity index (χ3n) is 2.65. The minimum atomic E-state index is 0.611. The first-order valence-corrected chi connectivity index (χ1v) is 5.67. The topological polar surface area (TPSA) is 45.5 Å². The van der Waals surface area contributed by atoms with Crippen molar-refractivity contribution in [3.05, 3.63) is 65.5 Å². The standard InChI is InChI=1S/C15H14N2O/c1-12(17-18)15-6-4-13(5-7-15)2-3-14-8-10-16-11-9-14/h2-11,18H,1H3/b3-2+,17-12-. The zero-order valence-corrected chi connectivity index (χ0v) is 10.1. The van der Waals surface area contributed by atoms with Crippen molar-refractivity contribution >= 4 is 17.9 Å². The van der Waals surface area contributed by atoms with Crippen molar-refractivity contribution in [3.63, 3.8) is 0 Å². The van der Waals surface area contributed by atoms with Gasteiger partial charge in [-0.2, -0.15) is 0 Å².